The largest absolute Gasteiger partial charge is 0.247 e. The molecule has 2 aliphatic carbocycles. The van der Waals surface area contributed by atoms with Gasteiger partial charge in [0.1, 0.15) is 6.17 Å². The fraction of sp³-hybridized carbons (Fsp3) is 0.625. The molecule has 1 aromatic carbocycles. The van der Waals surface area contributed by atoms with Crippen LogP contribution in [-0.4, -0.2) is 6.17 Å². The number of aryl methyl sites for hydroxylation is 1. The average Bonchev–Trinajstić information content (AvgIpc) is 2.75. The standard InChI is InChI=1S/C16H21F/c1-16(2,3)15-13-6-4-5-10(13)7-11-8-12(17)9-14(11)15/h7,12H,4-6,8-9H2,1-3H3. The Balaban J connectivity index is 2.25. The molecular weight excluding hydrogens is 211 g/mol. The third kappa shape index (κ3) is 1.71. The van der Waals surface area contributed by atoms with Gasteiger partial charge in [-0.3, -0.25) is 0 Å². The molecule has 3 rings (SSSR count). The van der Waals surface area contributed by atoms with E-state index in [4.69, 9.17) is 0 Å². The van der Waals surface area contributed by atoms with Crippen molar-refractivity contribution in [3.05, 3.63) is 33.9 Å². The molecule has 0 spiro atoms. The Bertz CT molecular complexity index is 465. The van der Waals surface area contributed by atoms with Crippen molar-refractivity contribution in [2.24, 2.45) is 0 Å². The summed E-state index contributed by atoms with van der Waals surface area (Å²) in [7, 11) is 0. The van der Waals surface area contributed by atoms with Gasteiger partial charge in [0.25, 0.3) is 0 Å². The van der Waals surface area contributed by atoms with E-state index in [0.29, 0.717) is 12.8 Å². The zero-order valence-corrected chi connectivity index (χ0v) is 11.1. The number of alkyl halides is 1. The molecule has 92 valence electrons. The van der Waals surface area contributed by atoms with E-state index in [0.717, 1.165) is 0 Å². The summed E-state index contributed by atoms with van der Waals surface area (Å²) in [5, 5.41) is 0. The van der Waals surface area contributed by atoms with E-state index < -0.39 is 6.17 Å². The molecule has 0 N–H and O–H groups in total. The summed E-state index contributed by atoms with van der Waals surface area (Å²) in [4.78, 5) is 0. The van der Waals surface area contributed by atoms with Crippen LogP contribution in [0.15, 0.2) is 6.07 Å². The predicted molar refractivity (Wildman–Crippen MR) is 69.5 cm³/mol. The normalized spacial score (nSPS) is 22.7. The number of fused-ring (bicyclic) bond motifs is 2. The van der Waals surface area contributed by atoms with Crippen LogP contribution in [0.1, 0.15) is 55.0 Å². The van der Waals surface area contributed by atoms with Gasteiger partial charge in [0, 0.05) is 12.8 Å². The van der Waals surface area contributed by atoms with Crippen molar-refractivity contribution in [2.45, 2.75) is 64.5 Å². The van der Waals surface area contributed by atoms with Crippen LogP contribution in [-0.2, 0) is 31.1 Å². The highest BCUT2D eigenvalue weighted by Crippen LogP contribution is 2.41. The molecule has 0 aromatic heterocycles. The lowest BCUT2D eigenvalue weighted by atomic mass is 9.78. The Morgan fingerprint density at radius 2 is 1.82 bits per heavy atom. The molecule has 0 heterocycles. The van der Waals surface area contributed by atoms with Crippen molar-refractivity contribution in [1.29, 1.82) is 0 Å². The summed E-state index contributed by atoms with van der Waals surface area (Å²) in [6, 6.07) is 2.30. The van der Waals surface area contributed by atoms with Gasteiger partial charge in [-0.2, -0.15) is 0 Å². The molecule has 0 bridgehead atoms. The molecule has 0 nitrogen and oxygen atoms in total. The molecule has 2 aliphatic rings. The van der Waals surface area contributed by atoms with Crippen LogP contribution in [0.4, 0.5) is 4.39 Å². The first-order chi connectivity index (χ1) is 7.97. The third-order valence-electron chi connectivity index (χ3n) is 4.22. The maximum absolute atomic E-state index is 13.7. The minimum atomic E-state index is -0.645. The molecule has 0 aliphatic heterocycles. The molecule has 0 fully saturated rings. The highest BCUT2D eigenvalue weighted by Gasteiger charge is 2.32. The molecule has 1 heteroatoms. The van der Waals surface area contributed by atoms with Crippen molar-refractivity contribution in [3.63, 3.8) is 0 Å². The monoisotopic (exact) mass is 232 g/mol. The summed E-state index contributed by atoms with van der Waals surface area (Å²) >= 11 is 0. The third-order valence-corrected chi connectivity index (χ3v) is 4.22. The zero-order valence-electron chi connectivity index (χ0n) is 11.1. The highest BCUT2D eigenvalue weighted by atomic mass is 19.1. The van der Waals surface area contributed by atoms with Crippen molar-refractivity contribution < 1.29 is 4.39 Å². The Morgan fingerprint density at radius 3 is 2.53 bits per heavy atom. The first-order valence-corrected chi connectivity index (χ1v) is 6.78. The summed E-state index contributed by atoms with van der Waals surface area (Å²) < 4.78 is 13.7. The number of hydrogen-bond donors (Lipinski definition) is 0. The molecule has 1 unspecified atom stereocenters. The second kappa shape index (κ2) is 3.57. The van der Waals surface area contributed by atoms with Gasteiger partial charge >= 0.3 is 0 Å². The second-order valence-corrected chi connectivity index (χ2v) is 6.64. The minimum Gasteiger partial charge on any atom is -0.247 e. The van der Waals surface area contributed by atoms with Gasteiger partial charge in [0.15, 0.2) is 0 Å². The van der Waals surface area contributed by atoms with Crippen LogP contribution < -0.4 is 0 Å². The van der Waals surface area contributed by atoms with Gasteiger partial charge in [-0.25, -0.2) is 4.39 Å². The Morgan fingerprint density at radius 1 is 1.06 bits per heavy atom. The van der Waals surface area contributed by atoms with E-state index in [1.165, 1.54) is 41.5 Å². The smallest absolute Gasteiger partial charge is 0.108 e. The maximum atomic E-state index is 13.7. The quantitative estimate of drug-likeness (QED) is 0.636. The SMILES string of the molecule is CC(C)(C)c1c2c(cc3c1CC(F)C3)CCC2. The van der Waals surface area contributed by atoms with Crippen LogP contribution in [0.25, 0.3) is 0 Å². The van der Waals surface area contributed by atoms with E-state index in [-0.39, 0.29) is 5.41 Å². The Hall–Kier alpha value is -0.850. The number of hydrogen-bond acceptors (Lipinski definition) is 0. The van der Waals surface area contributed by atoms with E-state index in [1.807, 2.05) is 0 Å². The Labute approximate surface area is 103 Å². The molecule has 1 aromatic rings. The van der Waals surface area contributed by atoms with Crippen molar-refractivity contribution >= 4 is 0 Å². The van der Waals surface area contributed by atoms with Gasteiger partial charge in [-0.05, 0) is 52.5 Å². The van der Waals surface area contributed by atoms with E-state index in [9.17, 15) is 4.39 Å². The van der Waals surface area contributed by atoms with Crippen LogP contribution in [0, 0.1) is 0 Å². The zero-order chi connectivity index (χ0) is 12.2. The summed E-state index contributed by atoms with van der Waals surface area (Å²) in [5.41, 5.74) is 7.31. The van der Waals surface area contributed by atoms with Crippen LogP contribution in [0.5, 0.6) is 0 Å². The average molecular weight is 232 g/mol. The van der Waals surface area contributed by atoms with Gasteiger partial charge in [-0.15, -0.1) is 0 Å². The molecule has 0 amide bonds. The highest BCUT2D eigenvalue weighted by molar-refractivity contribution is 5.53. The van der Waals surface area contributed by atoms with Crippen LogP contribution in [0.2, 0.25) is 0 Å². The van der Waals surface area contributed by atoms with Crippen molar-refractivity contribution in [1.82, 2.24) is 0 Å². The molecule has 17 heavy (non-hydrogen) atoms. The second-order valence-electron chi connectivity index (χ2n) is 6.64. The van der Waals surface area contributed by atoms with Gasteiger partial charge in [0.05, 0.1) is 0 Å². The topological polar surface area (TPSA) is 0 Å². The molecule has 0 radical (unpaired) electrons. The van der Waals surface area contributed by atoms with E-state index in [2.05, 4.69) is 26.8 Å². The lowest BCUT2D eigenvalue weighted by Crippen LogP contribution is -2.18. The van der Waals surface area contributed by atoms with Crippen molar-refractivity contribution in [2.75, 3.05) is 0 Å². The first kappa shape index (κ1) is 11.3. The summed E-state index contributed by atoms with van der Waals surface area (Å²) in [5.74, 6) is 0. The fourth-order valence-corrected chi connectivity index (χ4v) is 3.70. The molecular formula is C16H21F. The minimum absolute atomic E-state index is 0.157. The van der Waals surface area contributed by atoms with Gasteiger partial charge < -0.3 is 0 Å². The first-order valence-electron chi connectivity index (χ1n) is 6.78. The number of benzene rings is 1. The van der Waals surface area contributed by atoms with E-state index >= 15 is 0 Å². The molecule has 0 saturated carbocycles. The van der Waals surface area contributed by atoms with Crippen LogP contribution >= 0.6 is 0 Å². The lowest BCUT2D eigenvalue weighted by Gasteiger charge is -2.26. The predicted octanol–water partition coefficient (Wildman–Crippen LogP) is 3.91. The number of rotatable bonds is 0. The van der Waals surface area contributed by atoms with Gasteiger partial charge in [-0.1, -0.05) is 26.8 Å². The van der Waals surface area contributed by atoms with Gasteiger partial charge in [0.2, 0.25) is 0 Å². The summed E-state index contributed by atoms with van der Waals surface area (Å²) in [6.45, 7) is 6.81. The maximum Gasteiger partial charge on any atom is 0.108 e. The van der Waals surface area contributed by atoms with Crippen molar-refractivity contribution in [3.8, 4) is 0 Å². The summed E-state index contributed by atoms with van der Waals surface area (Å²) in [6.07, 6.45) is 4.32. The Kier molecular flexibility index (Phi) is 2.36. The molecule has 1 atom stereocenters. The number of halogens is 1. The molecule has 0 saturated heterocycles. The van der Waals surface area contributed by atoms with E-state index in [1.54, 1.807) is 5.56 Å². The van der Waals surface area contributed by atoms with Crippen LogP contribution in [0.3, 0.4) is 0 Å². The fourth-order valence-electron chi connectivity index (χ4n) is 3.70. The lowest BCUT2D eigenvalue weighted by molar-refractivity contribution is 0.348.